The number of aromatic nitrogens is 2. The number of halogens is 1. The van der Waals surface area contributed by atoms with Gasteiger partial charge in [-0.2, -0.15) is 4.99 Å². The van der Waals surface area contributed by atoms with Crippen LogP contribution in [0.25, 0.3) is 0 Å². The quantitative estimate of drug-likeness (QED) is 0.479. The van der Waals surface area contributed by atoms with E-state index in [0.29, 0.717) is 17.5 Å². The molecule has 0 aliphatic carbocycles. The van der Waals surface area contributed by atoms with Gasteiger partial charge in [0.15, 0.2) is 12.5 Å². The average molecular weight is 330 g/mol. The van der Waals surface area contributed by atoms with Gasteiger partial charge in [0.2, 0.25) is 18.1 Å². The summed E-state index contributed by atoms with van der Waals surface area (Å²) in [6.45, 7) is -0.478. The van der Waals surface area contributed by atoms with E-state index < -0.39 is 37.4 Å². The van der Waals surface area contributed by atoms with E-state index in [1.54, 1.807) is 36.9 Å². The summed E-state index contributed by atoms with van der Waals surface area (Å²) in [6.07, 6.45) is -4.77. The first kappa shape index (κ1) is 16.1. The van der Waals surface area contributed by atoms with E-state index in [-0.39, 0.29) is 0 Å². The largest absolute Gasteiger partial charge is 0.394 e. The van der Waals surface area contributed by atoms with Crippen LogP contribution in [0.2, 0.25) is 0 Å². The van der Waals surface area contributed by atoms with E-state index in [9.17, 15) is 19.7 Å². The summed E-state index contributed by atoms with van der Waals surface area (Å²) in [6, 6.07) is 0. The highest BCUT2D eigenvalue weighted by Crippen LogP contribution is 2.32. The molecule has 9 nitrogen and oxygen atoms in total. The third kappa shape index (κ3) is 2.47. The Morgan fingerprint density at radius 1 is 1.48 bits per heavy atom. The number of nitrogens with one attached hydrogen (secondary N) is 1. The van der Waals surface area contributed by atoms with Crippen LogP contribution >= 0.6 is 0 Å². The number of ether oxygens (including phenoxy) is 1. The second kappa shape index (κ2) is 5.71. The predicted octanol–water partition coefficient (Wildman–Crippen LogP) is -1.76. The Balaban J connectivity index is 2.00. The Bertz CT molecular complexity index is 634. The highest BCUT2D eigenvalue weighted by Gasteiger charge is 2.49. The molecule has 1 fully saturated rings. The first-order chi connectivity index (χ1) is 10.8. The van der Waals surface area contributed by atoms with Crippen molar-refractivity contribution in [3.05, 3.63) is 12.0 Å². The Labute approximate surface area is 132 Å². The fourth-order valence-electron chi connectivity index (χ4n) is 2.85. The molecule has 0 amide bonds. The number of alkyl halides is 1. The summed E-state index contributed by atoms with van der Waals surface area (Å²) in [5.41, 5.74) is 0.452. The number of aliphatic hydroxyl groups is 3. The van der Waals surface area contributed by atoms with Crippen LogP contribution in [0, 0.1) is 0 Å². The van der Waals surface area contributed by atoms with Gasteiger partial charge in [-0.05, 0) is 0 Å². The van der Waals surface area contributed by atoms with Crippen LogP contribution in [-0.2, 0) is 11.8 Å². The van der Waals surface area contributed by atoms with Crippen molar-refractivity contribution in [2.24, 2.45) is 12.0 Å². The number of anilines is 1. The van der Waals surface area contributed by atoms with Crippen LogP contribution in [-0.4, -0.2) is 69.8 Å². The molecule has 23 heavy (non-hydrogen) atoms. The molecule has 3 rings (SSSR count). The highest BCUT2D eigenvalue weighted by atomic mass is 19.1. The van der Waals surface area contributed by atoms with E-state index in [4.69, 9.17) is 4.74 Å². The molecule has 1 aromatic rings. The molecule has 0 radical (unpaired) electrons. The molecule has 2 aliphatic rings. The molecular formula is C13H21FN5O4+. The molecule has 4 N–H and O–H groups in total. The second-order valence-corrected chi connectivity index (χ2v) is 5.90. The lowest BCUT2D eigenvalue weighted by Gasteiger charge is -2.21. The normalized spacial score (nSPS) is 33.2. The summed E-state index contributed by atoms with van der Waals surface area (Å²) < 4.78 is 22.9. The van der Waals surface area contributed by atoms with E-state index in [2.05, 4.69) is 10.3 Å². The number of aliphatic hydroxyl groups excluding tert-OH is 3. The number of hydrogen-bond donors (Lipinski definition) is 4. The van der Waals surface area contributed by atoms with Gasteiger partial charge in [-0.1, -0.05) is 0 Å². The molecule has 1 aromatic heterocycles. The number of aryl methyl sites for hydroxylation is 1. The fourth-order valence-corrected chi connectivity index (χ4v) is 2.85. The predicted molar refractivity (Wildman–Crippen MR) is 77.2 cm³/mol. The second-order valence-electron chi connectivity index (χ2n) is 5.90. The smallest absolute Gasteiger partial charge is 0.271 e. The zero-order valence-electron chi connectivity index (χ0n) is 13.1. The van der Waals surface area contributed by atoms with Gasteiger partial charge in [0.25, 0.3) is 11.8 Å². The molecule has 128 valence electrons. The standard InChI is InChI=1S/C13H21FN5O4/c1-17(2)13-15-10-8(11(22)16-13)18(3)5-19(10)12-7(14)9(21)6(4-20)23-12/h5-7,9,11-12,20-22H,4H2,1-3H3,(H,15,16)/q+1/t6-,7+,9?,11?,12-/m1/s1. The van der Waals surface area contributed by atoms with Crippen molar-refractivity contribution >= 4 is 11.8 Å². The maximum atomic E-state index is 14.4. The van der Waals surface area contributed by atoms with Gasteiger partial charge < -0.3 is 25.0 Å². The number of rotatable bonds is 2. The zero-order chi connectivity index (χ0) is 16.9. The SMILES string of the molecule is CN(C)C1=NC(O)c2c([n+]([C@@H]3O[C@H](CO)C(O)[C@@H]3F)cn2C)N1. The Kier molecular flexibility index (Phi) is 4.00. The topological polar surface area (TPSA) is 106 Å². The monoisotopic (exact) mass is 330 g/mol. The Morgan fingerprint density at radius 3 is 2.74 bits per heavy atom. The number of nitrogens with zero attached hydrogens (tertiary/aromatic N) is 4. The summed E-state index contributed by atoms with van der Waals surface area (Å²) in [7, 11) is 5.21. The number of fused-ring (bicyclic) bond motifs is 1. The Morgan fingerprint density at radius 2 is 2.17 bits per heavy atom. The van der Waals surface area contributed by atoms with Gasteiger partial charge in [0.1, 0.15) is 12.2 Å². The molecule has 1 saturated heterocycles. The van der Waals surface area contributed by atoms with E-state index in [1.807, 2.05) is 0 Å². The average Bonchev–Trinajstić information content (AvgIpc) is 2.98. The zero-order valence-corrected chi connectivity index (χ0v) is 13.1. The Hall–Kier alpha value is -1.75. The molecule has 10 heteroatoms. The van der Waals surface area contributed by atoms with Gasteiger partial charge in [-0.25, -0.2) is 14.3 Å². The third-order valence-electron chi connectivity index (χ3n) is 4.07. The molecule has 2 aliphatic heterocycles. The summed E-state index contributed by atoms with van der Waals surface area (Å²) in [5, 5.41) is 32.2. The van der Waals surface area contributed by atoms with Crippen molar-refractivity contribution in [1.29, 1.82) is 0 Å². The molecule has 5 atom stereocenters. The van der Waals surface area contributed by atoms with Crippen LogP contribution in [0.15, 0.2) is 11.3 Å². The number of imidazole rings is 1. The summed E-state index contributed by atoms with van der Waals surface area (Å²) >= 11 is 0. The molecule has 0 saturated carbocycles. The molecule has 0 spiro atoms. The van der Waals surface area contributed by atoms with E-state index >= 15 is 0 Å². The van der Waals surface area contributed by atoms with Crippen LogP contribution in [0.4, 0.5) is 10.2 Å². The van der Waals surface area contributed by atoms with Crippen LogP contribution in [0.5, 0.6) is 0 Å². The van der Waals surface area contributed by atoms with Crippen molar-refractivity contribution in [3.63, 3.8) is 0 Å². The van der Waals surface area contributed by atoms with Crippen LogP contribution < -0.4 is 9.88 Å². The molecule has 0 bridgehead atoms. The number of hydrogen-bond acceptors (Lipinski definition) is 7. The fraction of sp³-hybridized carbons (Fsp3) is 0.692. The van der Waals surface area contributed by atoms with E-state index in [0.717, 1.165) is 0 Å². The minimum absolute atomic E-state index is 0.414. The lowest BCUT2D eigenvalue weighted by molar-refractivity contribution is -0.751. The van der Waals surface area contributed by atoms with Crippen molar-refractivity contribution in [3.8, 4) is 0 Å². The molecular weight excluding hydrogens is 309 g/mol. The van der Waals surface area contributed by atoms with Gasteiger partial charge in [-0.15, -0.1) is 0 Å². The molecule has 3 heterocycles. The van der Waals surface area contributed by atoms with Gasteiger partial charge in [0.05, 0.1) is 13.7 Å². The molecule has 0 aromatic carbocycles. The van der Waals surface area contributed by atoms with Crippen molar-refractivity contribution in [2.45, 2.75) is 30.8 Å². The first-order valence-electron chi connectivity index (χ1n) is 7.24. The van der Waals surface area contributed by atoms with Gasteiger partial charge in [0, 0.05) is 14.1 Å². The maximum absolute atomic E-state index is 14.4. The van der Waals surface area contributed by atoms with Crippen molar-refractivity contribution in [2.75, 3.05) is 26.0 Å². The van der Waals surface area contributed by atoms with Crippen molar-refractivity contribution < 1.29 is 29.0 Å². The lowest BCUT2D eigenvalue weighted by atomic mass is 10.1. The van der Waals surface area contributed by atoms with Crippen LogP contribution in [0.1, 0.15) is 18.1 Å². The maximum Gasteiger partial charge on any atom is 0.271 e. The first-order valence-corrected chi connectivity index (χ1v) is 7.24. The number of aliphatic imine (C=N–C) groups is 1. The van der Waals surface area contributed by atoms with Gasteiger partial charge >= 0.3 is 0 Å². The number of guanidine groups is 1. The minimum Gasteiger partial charge on any atom is -0.394 e. The van der Waals surface area contributed by atoms with Gasteiger partial charge in [-0.3, -0.25) is 4.57 Å². The summed E-state index contributed by atoms with van der Waals surface area (Å²) in [4.78, 5) is 5.80. The third-order valence-corrected chi connectivity index (χ3v) is 4.07. The highest BCUT2D eigenvalue weighted by molar-refractivity contribution is 5.93. The van der Waals surface area contributed by atoms with Crippen molar-refractivity contribution in [1.82, 2.24) is 9.47 Å². The lowest BCUT2D eigenvalue weighted by Crippen LogP contribution is -2.48. The minimum atomic E-state index is -1.70. The summed E-state index contributed by atoms with van der Waals surface area (Å²) in [5.74, 6) is 0.842. The van der Waals surface area contributed by atoms with Crippen LogP contribution in [0.3, 0.4) is 0 Å². The van der Waals surface area contributed by atoms with E-state index in [1.165, 1.54) is 4.57 Å². The molecule has 2 unspecified atom stereocenters.